The van der Waals surface area contributed by atoms with E-state index in [0.717, 1.165) is 6.42 Å². The van der Waals surface area contributed by atoms with E-state index in [2.05, 4.69) is 0 Å². The highest BCUT2D eigenvalue weighted by molar-refractivity contribution is 5.94. The molecule has 0 saturated heterocycles. The Balaban J connectivity index is 1.99. The summed E-state index contributed by atoms with van der Waals surface area (Å²) in [5.74, 6) is -0.136. The average Bonchev–Trinajstić information content (AvgIpc) is 2.64. The highest BCUT2D eigenvalue weighted by atomic mass is 16.5. The maximum Gasteiger partial charge on any atom is 0.255 e. The molecule has 0 atom stereocenters. The summed E-state index contributed by atoms with van der Waals surface area (Å²) in [5, 5.41) is 0. The van der Waals surface area contributed by atoms with Crippen molar-refractivity contribution in [2.24, 2.45) is 11.5 Å². The number of hydrogen-bond donors (Lipinski definition) is 2. The van der Waals surface area contributed by atoms with Gasteiger partial charge in [0.15, 0.2) is 6.61 Å². The van der Waals surface area contributed by atoms with Crippen LogP contribution >= 0.6 is 0 Å². The van der Waals surface area contributed by atoms with Gasteiger partial charge in [-0.1, -0.05) is 30.3 Å². The van der Waals surface area contributed by atoms with Gasteiger partial charge in [-0.25, -0.2) is 0 Å². The number of amides is 2. The zero-order valence-electron chi connectivity index (χ0n) is 14.1. The highest BCUT2D eigenvalue weighted by Crippen LogP contribution is 2.14. The van der Waals surface area contributed by atoms with Crippen LogP contribution in [0, 0.1) is 0 Å². The van der Waals surface area contributed by atoms with Gasteiger partial charge in [-0.05, 0) is 36.2 Å². The number of nitrogens with zero attached hydrogens (tertiary/aromatic N) is 1. The number of primary amides is 1. The van der Waals surface area contributed by atoms with E-state index in [1.807, 2.05) is 30.3 Å². The quantitative estimate of drug-likeness (QED) is 0.716. The Morgan fingerprint density at radius 2 is 1.64 bits per heavy atom. The third kappa shape index (κ3) is 5.93. The van der Waals surface area contributed by atoms with E-state index in [4.69, 9.17) is 16.2 Å². The van der Waals surface area contributed by atoms with E-state index in [-0.39, 0.29) is 12.5 Å². The predicted octanol–water partition coefficient (Wildman–Crippen LogP) is 1.19. The maximum atomic E-state index is 12.7. The molecule has 2 amide bonds. The molecular weight excluding hydrogens is 318 g/mol. The Morgan fingerprint density at radius 3 is 2.24 bits per heavy atom. The minimum atomic E-state index is -0.546. The fourth-order valence-electron chi connectivity index (χ4n) is 2.41. The van der Waals surface area contributed by atoms with Crippen LogP contribution in [0.2, 0.25) is 0 Å². The van der Waals surface area contributed by atoms with E-state index in [9.17, 15) is 9.59 Å². The molecule has 2 rings (SSSR count). The van der Waals surface area contributed by atoms with E-state index < -0.39 is 5.91 Å². The van der Waals surface area contributed by atoms with Crippen molar-refractivity contribution in [1.29, 1.82) is 0 Å². The first-order valence-corrected chi connectivity index (χ1v) is 8.14. The second-order valence-corrected chi connectivity index (χ2v) is 5.60. The lowest BCUT2D eigenvalue weighted by atomic mass is 10.1. The number of benzene rings is 2. The first kappa shape index (κ1) is 18.5. The summed E-state index contributed by atoms with van der Waals surface area (Å²) >= 11 is 0. The van der Waals surface area contributed by atoms with Gasteiger partial charge in [0.25, 0.3) is 11.8 Å². The standard InChI is InChI=1S/C19H23N3O3/c20-11-13-22(12-10-15-4-2-1-3-5-15)19(24)16-6-8-17(9-7-16)25-14-18(21)23/h1-9H,10-14,20H2,(H2,21,23). The second kappa shape index (κ2) is 9.44. The van der Waals surface area contributed by atoms with Gasteiger partial charge in [-0.3, -0.25) is 9.59 Å². The van der Waals surface area contributed by atoms with Crippen LogP contribution in [0.5, 0.6) is 5.75 Å². The zero-order chi connectivity index (χ0) is 18.1. The van der Waals surface area contributed by atoms with E-state index >= 15 is 0 Å². The van der Waals surface area contributed by atoms with Gasteiger partial charge in [-0.15, -0.1) is 0 Å². The van der Waals surface area contributed by atoms with E-state index in [1.165, 1.54) is 5.56 Å². The monoisotopic (exact) mass is 341 g/mol. The van der Waals surface area contributed by atoms with Crippen LogP contribution in [-0.4, -0.2) is 43.0 Å². The number of ether oxygens (including phenoxy) is 1. The van der Waals surface area contributed by atoms with Crippen LogP contribution in [0.15, 0.2) is 54.6 Å². The minimum absolute atomic E-state index is 0.0807. The Kier molecular flexibility index (Phi) is 6.98. The lowest BCUT2D eigenvalue weighted by Crippen LogP contribution is -2.36. The van der Waals surface area contributed by atoms with Crippen LogP contribution in [0.3, 0.4) is 0 Å². The Morgan fingerprint density at radius 1 is 0.960 bits per heavy atom. The van der Waals surface area contributed by atoms with Crippen LogP contribution in [0.1, 0.15) is 15.9 Å². The average molecular weight is 341 g/mol. The van der Waals surface area contributed by atoms with Gasteiger partial charge in [0, 0.05) is 25.2 Å². The predicted molar refractivity (Wildman–Crippen MR) is 96.2 cm³/mol. The third-order valence-electron chi connectivity index (χ3n) is 3.68. The molecule has 0 spiro atoms. The molecule has 0 aliphatic carbocycles. The van der Waals surface area contributed by atoms with Crippen LogP contribution < -0.4 is 16.2 Å². The van der Waals surface area contributed by atoms with Crippen molar-refractivity contribution in [3.63, 3.8) is 0 Å². The molecular formula is C19H23N3O3. The first-order chi connectivity index (χ1) is 12.1. The van der Waals surface area contributed by atoms with Crippen LogP contribution in [0.4, 0.5) is 0 Å². The summed E-state index contributed by atoms with van der Waals surface area (Å²) in [4.78, 5) is 25.2. The maximum absolute atomic E-state index is 12.7. The summed E-state index contributed by atoms with van der Waals surface area (Å²) in [5.41, 5.74) is 12.4. The summed E-state index contributed by atoms with van der Waals surface area (Å²) in [6.45, 7) is 1.30. The van der Waals surface area contributed by atoms with E-state index in [0.29, 0.717) is 30.9 Å². The molecule has 6 heteroatoms. The van der Waals surface area contributed by atoms with Gasteiger partial charge in [0.2, 0.25) is 0 Å². The minimum Gasteiger partial charge on any atom is -0.484 e. The van der Waals surface area contributed by atoms with Crippen molar-refractivity contribution in [2.75, 3.05) is 26.2 Å². The molecule has 0 aliphatic heterocycles. The van der Waals surface area contributed by atoms with Gasteiger partial charge in [-0.2, -0.15) is 0 Å². The van der Waals surface area contributed by atoms with Gasteiger partial charge < -0.3 is 21.1 Å². The van der Waals surface area contributed by atoms with Crippen molar-refractivity contribution in [1.82, 2.24) is 4.90 Å². The van der Waals surface area contributed by atoms with Crippen LogP contribution in [-0.2, 0) is 11.2 Å². The van der Waals surface area contributed by atoms with Crippen molar-refractivity contribution < 1.29 is 14.3 Å². The van der Waals surface area contributed by atoms with Crippen molar-refractivity contribution in [3.05, 3.63) is 65.7 Å². The zero-order valence-corrected chi connectivity index (χ0v) is 14.1. The molecule has 4 N–H and O–H groups in total. The Hall–Kier alpha value is -2.86. The number of carbonyl (C=O) groups is 2. The molecule has 0 heterocycles. The second-order valence-electron chi connectivity index (χ2n) is 5.60. The lowest BCUT2D eigenvalue weighted by Gasteiger charge is -2.22. The summed E-state index contributed by atoms with van der Waals surface area (Å²) in [6.07, 6.45) is 0.770. The van der Waals surface area contributed by atoms with Crippen molar-refractivity contribution in [3.8, 4) is 5.75 Å². The summed E-state index contributed by atoms with van der Waals surface area (Å²) < 4.78 is 5.20. The van der Waals surface area contributed by atoms with Crippen LogP contribution in [0.25, 0.3) is 0 Å². The molecule has 2 aromatic rings. The van der Waals surface area contributed by atoms with Gasteiger partial charge >= 0.3 is 0 Å². The smallest absolute Gasteiger partial charge is 0.255 e. The summed E-state index contributed by atoms with van der Waals surface area (Å²) in [7, 11) is 0. The number of carbonyl (C=O) groups excluding carboxylic acids is 2. The fourth-order valence-corrected chi connectivity index (χ4v) is 2.41. The fraction of sp³-hybridized carbons (Fsp3) is 0.263. The first-order valence-electron chi connectivity index (χ1n) is 8.14. The van der Waals surface area contributed by atoms with E-state index in [1.54, 1.807) is 29.2 Å². The lowest BCUT2D eigenvalue weighted by molar-refractivity contribution is -0.119. The SMILES string of the molecule is NCCN(CCc1ccccc1)C(=O)c1ccc(OCC(N)=O)cc1. The molecule has 0 saturated carbocycles. The molecule has 132 valence electrons. The largest absolute Gasteiger partial charge is 0.484 e. The van der Waals surface area contributed by atoms with Crippen molar-refractivity contribution in [2.45, 2.75) is 6.42 Å². The molecule has 6 nitrogen and oxygen atoms in total. The molecule has 25 heavy (non-hydrogen) atoms. The Bertz CT molecular complexity index is 687. The number of hydrogen-bond acceptors (Lipinski definition) is 4. The normalized spacial score (nSPS) is 10.3. The van der Waals surface area contributed by atoms with Gasteiger partial charge in [0.05, 0.1) is 0 Å². The number of nitrogens with two attached hydrogens (primary N) is 2. The topological polar surface area (TPSA) is 98.7 Å². The molecule has 0 aromatic heterocycles. The molecule has 0 unspecified atom stereocenters. The third-order valence-corrected chi connectivity index (χ3v) is 3.68. The molecule has 0 aliphatic rings. The molecule has 0 bridgehead atoms. The number of rotatable bonds is 9. The molecule has 0 fully saturated rings. The molecule has 2 aromatic carbocycles. The molecule has 0 radical (unpaired) electrons. The highest BCUT2D eigenvalue weighted by Gasteiger charge is 2.15. The summed E-state index contributed by atoms with van der Waals surface area (Å²) in [6, 6.07) is 16.6. The van der Waals surface area contributed by atoms with Gasteiger partial charge in [0.1, 0.15) is 5.75 Å². The van der Waals surface area contributed by atoms with Crippen molar-refractivity contribution >= 4 is 11.8 Å². The Labute approximate surface area is 147 Å².